The number of amides is 1. The standard InChI is InChI=1S/C18H26N2O3/c1-12-4-5-16(10-13(12)2)14(3)19-17(21)11-20-8-6-15(7-9-20)18(22)23/h4-5,10,14-15H,6-9,11H2,1-3H3,(H,19,21)(H,22,23). The lowest BCUT2D eigenvalue weighted by atomic mass is 9.97. The van der Waals surface area contributed by atoms with Crippen LogP contribution in [0.5, 0.6) is 0 Å². The van der Waals surface area contributed by atoms with Gasteiger partial charge < -0.3 is 10.4 Å². The number of piperidine rings is 1. The number of nitrogens with zero attached hydrogens (tertiary/aromatic N) is 1. The van der Waals surface area contributed by atoms with Gasteiger partial charge in [-0.25, -0.2) is 0 Å². The van der Waals surface area contributed by atoms with Gasteiger partial charge in [0.15, 0.2) is 0 Å². The van der Waals surface area contributed by atoms with Crippen LogP contribution in [-0.4, -0.2) is 41.5 Å². The molecular weight excluding hydrogens is 292 g/mol. The SMILES string of the molecule is Cc1ccc(C(C)NC(=O)CN2CCC(C(=O)O)CC2)cc1C. The number of carbonyl (C=O) groups excluding carboxylic acids is 1. The highest BCUT2D eigenvalue weighted by atomic mass is 16.4. The third kappa shape index (κ3) is 4.79. The Labute approximate surface area is 137 Å². The number of likely N-dealkylation sites (tertiary alicyclic amines) is 1. The fraction of sp³-hybridized carbons (Fsp3) is 0.556. The summed E-state index contributed by atoms with van der Waals surface area (Å²) >= 11 is 0. The molecule has 1 fully saturated rings. The van der Waals surface area contributed by atoms with Crippen molar-refractivity contribution in [1.29, 1.82) is 0 Å². The van der Waals surface area contributed by atoms with Crippen molar-refractivity contribution >= 4 is 11.9 Å². The third-order valence-corrected chi connectivity index (χ3v) is 4.71. The lowest BCUT2D eigenvalue weighted by Crippen LogP contribution is -2.43. The first kappa shape index (κ1) is 17.5. The van der Waals surface area contributed by atoms with Crippen LogP contribution in [0.1, 0.15) is 42.5 Å². The highest BCUT2D eigenvalue weighted by molar-refractivity contribution is 5.78. The predicted octanol–water partition coefficient (Wildman–Crippen LogP) is 2.28. The van der Waals surface area contributed by atoms with Gasteiger partial charge in [-0.15, -0.1) is 0 Å². The molecule has 23 heavy (non-hydrogen) atoms. The first-order valence-electron chi connectivity index (χ1n) is 8.18. The summed E-state index contributed by atoms with van der Waals surface area (Å²) in [5.74, 6) is -0.995. The minimum absolute atomic E-state index is 0.00972. The Morgan fingerprint density at radius 1 is 1.26 bits per heavy atom. The minimum Gasteiger partial charge on any atom is -0.481 e. The van der Waals surface area contributed by atoms with Crippen LogP contribution in [0.3, 0.4) is 0 Å². The first-order chi connectivity index (χ1) is 10.9. The van der Waals surface area contributed by atoms with Gasteiger partial charge in [0.25, 0.3) is 0 Å². The highest BCUT2D eigenvalue weighted by Gasteiger charge is 2.25. The zero-order valence-corrected chi connectivity index (χ0v) is 14.1. The Balaban J connectivity index is 1.82. The molecule has 1 saturated heterocycles. The maximum Gasteiger partial charge on any atom is 0.306 e. The highest BCUT2D eigenvalue weighted by Crippen LogP contribution is 2.18. The first-order valence-corrected chi connectivity index (χ1v) is 8.18. The van der Waals surface area contributed by atoms with E-state index in [0.29, 0.717) is 32.5 Å². The Morgan fingerprint density at radius 2 is 1.91 bits per heavy atom. The molecule has 0 spiro atoms. The average Bonchev–Trinajstić information content (AvgIpc) is 2.50. The molecule has 0 radical (unpaired) electrons. The molecule has 0 aromatic heterocycles. The molecule has 2 N–H and O–H groups in total. The van der Waals surface area contributed by atoms with E-state index in [1.54, 1.807) is 0 Å². The monoisotopic (exact) mass is 318 g/mol. The van der Waals surface area contributed by atoms with Crippen LogP contribution in [0.15, 0.2) is 18.2 Å². The largest absolute Gasteiger partial charge is 0.481 e. The second-order valence-electron chi connectivity index (χ2n) is 6.52. The predicted molar refractivity (Wildman–Crippen MR) is 89.3 cm³/mol. The summed E-state index contributed by atoms with van der Waals surface area (Å²) in [5.41, 5.74) is 3.57. The van der Waals surface area contributed by atoms with Crippen molar-refractivity contribution in [2.24, 2.45) is 5.92 Å². The van der Waals surface area contributed by atoms with Crippen LogP contribution < -0.4 is 5.32 Å². The molecule has 5 nitrogen and oxygen atoms in total. The van der Waals surface area contributed by atoms with E-state index >= 15 is 0 Å². The average molecular weight is 318 g/mol. The molecule has 2 rings (SSSR count). The molecule has 1 unspecified atom stereocenters. The molecular formula is C18H26N2O3. The smallest absolute Gasteiger partial charge is 0.306 e. The summed E-state index contributed by atoms with van der Waals surface area (Å²) in [5, 5.41) is 12.0. The van der Waals surface area contributed by atoms with E-state index in [2.05, 4.69) is 31.3 Å². The quantitative estimate of drug-likeness (QED) is 0.874. The zero-order valence-electron chi connectivity index (χ0n) is 14.1. The summed E-state index contributed by atoms with van der Waals surface area (Å²) in [6.07, 6.45) is 1.24. The lowest BCUT2D eigenvalue weighted by molar-refractivity contribution is -0.143. The van der Waals surface area contributed by atoms with Gasteiger partial charge >= 0.3 is 5.97 Å². The maximum absolute atomic E-state index is 12.2. The van der Waals surface area contributed by atoms with Gasteiger partial charge in [0, 0.05) is 0 Å². The molecule has 0 aliphatic carbocycles. The summed E-state index contributed by atoms with van der Waals surface area (Å²) in [6, 6.07) is 6.20. The molecule has 1 atom stereocenters. The zero-order chi connectivity index (χ0) is 17.0. The van der Waals surface area contributed by atoms with E-state index in [4.69, 9.17) is 5.11 Å². The number of carboxylic acids is 1. The van der Waals surface area contributed by atoms with Crippen molar-refractivity contribution in [3.63, 3.8) is 0 Å². The molecule has 1 heterocycles. The van der Waals surface area contributed by atoms with Crippen molar-refractivity contribution in [1.82, 2.24) is 10.2 Å². The number of hydrogen-bond acceptors (Lipinski definition) is 3. The van der Waals surface area contributed by atoms with Crippen LogP contribution in [-0.2, 0) is 9.59 Å². The normalized spacial score (nSPS) is 17.7. The molecule has 1 aromatic carbocycles. The number of rotatable bonds is 5. The van der Waals surface area contributed by atoms with Crippen molar-refractivity contribution < 1.29 is 14.7 Å². The Bertz CT molecular complexity index is 578. The molecule has 126 valence electrons. The number of hydrogen-bond donors (Lipinski definition) is 2. The van der Waals surface area contributed by atoms with Gasteiger partial charge in [-0.05, 0) is 63.4 Å². The molecule has 5 heteroatoms. The fourth-order valence-electron chi connectivity index (χ4n) is 2.95. The summed E-state index contributed by atoms with van der Waals surface area (Å²) in [4.78, 5) is 25.2. The van der Waals surface area contributed by atoms with E-state index in [9.17, 15) is 9.59 Å². The van der Waals surface area contributed by atoms with E-state index in [1.165, 1.54) is 11.1 Å². The Kier molecular flexibility index (Phi) is 5.77. The molecule has 1 aliphatic heterocycles. The topological polar surface area (TPSA) is 69.6 Å². The van der Waals surface area contributed by atoms with Gasteiger partial charge in [0.05, 0.1) is 18.5 Å². The van der Waals surface area contributed by atoms with Crippen LogP contribution in [0, 0.1) is 19.8 Å². The van der Waals surface area contributed by atoms with E-state index < -0.39 is 5.97 Å². The summed E-state index contributed by atoms with van der Waals surface area (Å²) < 4.78 is 0. The second kappa shape index (κ2) is 7.59. The molecule has 0 saturated carbocycles. The minimum atomic E-state index is -0.725. The van der Waals surface area contributed by atoms with E-state index in [-0.39, 0.29) is 17.9 Å². The number of aryl methyl sites for hydroxylation is 2. The summed E-state index contributed by atoms with van der Waals surface area (Å²) in [7, 11) is 0. The number of carboxylic acid groups (broad SMARTS) is 1. The number of carbonyl (C=O) groups is 2. The number of benzene rings is 1. The molecule has 1 aromatic rings. The van der Waals surface area contributed by atoms with Crippen LogP contribution in [0.25, 0.3) is 0 Å². The lowest BCUT2D eigenvalue weighted by Gasteiger charge is -2.29. The van der Waals surface area contributed by atoms with Crippen molar-refractivity contribution in [3.05, 3.63) is 34.9 Å². The van der Waals surface area contributed by atoms with E-state index in [0.717, 1.165) is 5.56 Å². The fourth-order valence-corrected chi connectivity index (χ4v) is 2.95. The summed E-state index contributed by atoms with van der Waals surface area (Å²) in [6.45, 7) is 7.80. The van der Waals surface area contributed by atoms with Crippen molar-refractivity contribution in [2.75, 3.05) is 19.6 Å². The van der Waals surface area contributed by atoms with Gasteiger partial charge in [-0.3, -0.25) is 14.5 Å². The van der Waals surface area contributed by atoms with Crippen LogP contribution in [0.4, 0.5) is 0 Å². The second-order valence-corrected chi connectivity index (χ2v) is 6.52. The van der Waals surface area contributed by atoms with Gasteiger partial charge in [0.2, 0.25) is 5.91 Å². The number of aliphatic carboxylic acids is 1. The van der Waals surface area contributed by atoms with Crippen molar-refractivity contribution in [3.8, 4) is 0 Å². The number of nitrogens with one attached hydrogen (secondary N) is 1. The maximum atomic E-state index is 12.2. The molecule has 1 amide bonds. The van der Waals surface area contributed by atoms with Crippen LogP contribution in [0.2, 0.25) is 0 Å². The van der Waals surface area contributed by atoms with Gasteiger partial charge in [-0.1, -0.05) is 18.2 Å². The third-order valence-electron chi connectivity index (χ3n) is 4.71. The van der Waals surface area contributed by atoms with Gasteiger partial charge in [-0.2, -0.15) is 0 Å². The van der Waals surface area contributed by atoms with Crippen LogP contribution >= 0.6 is 0 Å². The molecule has 0 bridgehead atoms. The van der Waals surface area contributed by atoms with Crippen molar-refractivity contribution in [2.45, 2.75) is 39.7 Å². The Hall–Kier alpha value is -1.88. The van der Waals surface area contributed by atoms with Gasteiger partial charge in [0.1, 0.15) is 0 Å². The van der Waals surface area contributed by atoms with E-state index in [1.807, 2.05) is 17.9 Å². The Morgan fingerprint density at radius 3 is 2.48 bits per heavy atom. The molecule has 1 aliphatic rings.